The molecule has 0 fully saturated rings. The molecule has 0 atom stereocenters. The number of hydrogen-bond donors (Lipinski definition) is 1. The monoisotopic (exact) mass is 295 g/mol. The molecule has 17 heavy (non-hydrogen) atoms. The molecule has 4 nitrogen and oxygen atoms in total. The second-order valence-corrected chi connectivity index (χ2v) is 4.01. The zero-order chi connectivity index (χ0) is 12.3. The molecule has 2 aromatic rings. The van der Waals surface area contributed by atoms with Gasteiger partial charge in [-0.3, -0.25) is 10.1 Å². The lowest BCUT2D eigenvalue weighted by atomic mass is 10.2. The maximum absolute atomic E-state index is 13.0. The standard InChI is InChI=1S/C11H7BrFN3O/c12-8-6-7(2-3-9(8)13)10(17)16-11-14-4-1-5-15-11/h1-6H,(H,14,15,16,17). The van der Waals surface area contributed by atoms with Crippen LogP contribution in [0.25, 0.3) is 0 Å². The van der Waals surface area contributed by atoms with E-state index < -0.39 is 11.7 Å². The van der Waals surface area contributed by atoms with Crippen LogP contribution < -0.4 is 5.32 Å². The fraction of sp³-hybridized carbons (Fsp3) is 0. The number of hydrogen-bond acceptors (Lipinski definition) is 3. The normalized spacial score (nSPS) is 10.0. The molecule has 0 saturated carbocycles. The van der Waals surface area contributed by atoms with Gasteiger partial charge in [-0.05, 0) is 40.2 Å². The Balaban J connectivity index is 2.18. The van der Waals surface area contributed by atoms with Crippen LogP contribution in [-0.2, 0) is 0 Å². The van der Waals surface area contributed by atoms with Gasteiger partial charge in [-0.15, -0.1) is 0 Å². The van der Waals surface area contributed by atoms with Crippen LogP contribution in [0.2, 0.25) is 0 Å². The van der Waals surface area contributed by atoms with Crippen LogP contribution in [0.4, 0.5) is 10.3 Å². The van der Waals surface area contributed by atoms with E-state index in [1.54, 1.807) is 6.07 Å². The van der Waals surface area contributed by atoms with Crippen molar-refractivity contribution in [3.63, 3.8) is 0 Å². The SMILES string of the molecule is O=C(Nc1ncccn1)c1ccc(F)c(Br)c1. The molecule has 1 N–H and O–H groups in total. The summed E-state index contributed by atoms with van der Waals surface area (Å²) in [5.74, 6) is -0.604. The average molecular weight is 296 g/mol. The molecule has 1 aromatic carbocycles. The Bertz CT molecular complexity index is 548. The van der Waals surface area contributed by atoms with Gasteiger partial charge in [0.2, 0.25) is 5.95 Å². The van der Waals surface area contributed by atoms with E-state index in [4.69, 9.17) is 0 Å². The van der Waals surface area contributed by atoms with E-state index in [0.717, 1.165) is 0 Å². The number of anilines is 1. The van der Waals surface area contributed by atoms with Crippen LogP contribution >= 0.6 is 15.9 Å². The Kier molecular flexibility index (Phi) is 3.43. The van der Waals surface area contributed by atoms with E-state index in [9.17, 15) is 9.18 Å². The lowest BCUT2D eigenvalue weighted by Gasteiger charge is -2.03. The van der Waals surface area contributed by atoms with Gasteiger partial charge in [0.1, 0.15) is 5.82 Å². The summed E-state index contributed by atoms with van der Waals surface area (Å²) >= 11 is 3.01. The number of nitrogens with zero attached hydrogens (tertiary/aromatic N) is 2. The maximum Gasteiger partial charge on any atom is 0.258 e. The zero-order valence-corrected chi connectivity index (χ0v) is 10.1. The van der Waals surface area contributed by atoms with Crippen molar-refractivity contribution in [1.29, 1.82) is 0 Å². The Hall–Kier alpha value is -1.82. The van der Waals surface area contributed by atoms with Gasteiger partial charge in [-0.1, -0.05) is 0 Å². The first kappa shape index (κ1) is 11.7. The molecule has 0 spiro atoms. The summed E-state index contributed by atoms with van der Waals surface area (Å²) < 4.78 is 13.2. The molecular weight excluding hydrogens is 289 g/mol. The highest BCUT2D eigenvalue weighted by molar-refractivity contribution is 9.10. The van der Waals surface area contributed by atoms with E-state index in [1.807, 2.05) is 0 Å². The van der Waals surface area contributed by atoms with Crippen molar-refractivity contribution in [2.75, 3.05) is 5.32 Å². The second-order valence-electron chi connectivity index (χ2n) is 3.16. The second kappa shape index (κ2) is 5.01. The summed E-state index contributed by atoms with van der Waals surface area (Å²) in [4.78, 5) is 19.5. The Morgan fingerprint density at radius 2 is 2.00 bits per heavy atom. The summed E-state index contributed by atoms with van der Waals surface area (Å²) in [6, 6.07) is 5.64. The molecule has 0 aliphatic carbocycles. The van der Waals surface area contributed by atoms with E-state index in [1.165, 1.54) is 30.6 Å². The molecular formula is C11H7BrFN3O. The molecule has 2 rings (SSSR count). The highest BCUT2D eigenvalue weighted by atomic mass is 79.9. The fourth-order valence-electron chi connectivity index (χ4n) is 1.17. The summed E-state index contributed by atoms with van der Waals surface area (Å²) in [5, 5.41) is 2.50. The van der Waals surface area contributed by atoms with E-state index in [0.29, 0.717) is 5.56 Å². The number of rotatable bonds is 2. The number of carbonyl (C=O) groups excluding carboxylic acids is 1. The van der Waals surface area contributed by atoms with E-state index in [2.05, 4.69) is 31.2 Å². The highest BCUT2D eigenvalue weighted by Gasteiger charge is 2.09. The average Bonchev–Trinajstić information content (AvgIpc) is 2.34. The first-order chi connectivity index (χ1) is 8.16. The number of aromatic nitrogens is 2. The van der Waals surface area contributed by atoms with Crippen LogP contribution in [0, 0.1) is 5.82 Å². The van der Waals surface area contributed by atoms with Gasteiger partial charge < -0.3 is 0 Å². The van der Waals surface area contributed by atoms with Crippen molar-refractivity contribution in [1.82, 2.24) is 9.97 Å². The van der Waals surface area contributed by atoms with Gasteiger partial charge in [0, 0.05) is 18.0 Å². The number of carbonyl (C=O) groups is 1. The predicted molar refractivity (Wildman–Crippen MR) is 64.1 cm³/mol. The van der Waals surface area contributed by atoms with Crippen molar-refractivity contribution < 1.29 is 9.18 Å². The van der Waals surface area contributed by atoms with Crippen LogP contribution in [0.3, 0.4) is 0 Å². The Labute approximate surface area is 105 Å². The molecule has 6 heteroatoms. The van der Waals surface area contributed by atoms with Crippen molar-refractivity contribution in [3.05, 3.63) is 52.5 Å². The molecule has 0 radical (unpaired) electrons. The van der Waals surface area contributed by atoms with Crippen LogP contribution in [0.1, 0.15) is 10.4 Å². The minimum atomic E-state index is -0.419. The predicted octanol–water partition coefficient (Wildman–Crippen LogP) is 2.63. The van der Waals surface area contributed by atoms with Gasteiger partial charge in [0.05, 0.1) is 4.47 Å². The molecule has 1 aromatic heterocycles. The molecule has 0 saturated heterocycles. The third-order valence-electron chi connectivity index (χ3n) is 1.97. The van der Waals surface area contributed by atoms with Crippen LogP contribution in [-0.4, -0.2) is 15.9 Å². The molecule has 0 aliphatic rings. The first-order valence-corrected chi connectivity index (χ1v) is 5.49. The molecule has 0 bridgehead atoms. The number of nitrogens with one attached hydrogen (secondary N) is 1. The van der Waals surface area contributed by atoms with Gasteiger partial charge in [-0.25, -0.2) is 14.4 Å². The Morgan fingerprint density at radius 1 is 1.29 bits per heavy atom. The first-order valence-electron chi connectivity index (χ1n) is 4.70. The third-order valence-corrected chi connectivity index (χ3v) is 2.58. The van der Waals surface area contributed by atoms with Gasteiger partial charge in [0.15, 0.2) is 0 Å². The Morgan fingerprint density at radius 3 is 2.65 bits per heavy atom. The van der Waals surface area contributed by atoms with Crippen molar-refractivity contribution in [2.24, 2.45) is 0 Å². The third kappa shape index (κ3) is 2.85. The summed E-state index contributed by atoms with van der Waals surface area (Å²) in [6.45, 7) is 0. The van der Waals surface area contributed by atoms with Crippen molar-refractivity contribution in [3.8, 4) is 0 Å². The summed E-state index contributed by atoms with van der Waals surface area (Å²) in [6.07, 6.45) is 3.03. The summed E-state index contributed by atoms with van der Waals surface area (Å²) in [5.41, 5.74) is 0.325. The smallest absolute Gasteiger partial charge is 0.258 e. The topological polar surface area (TPSA) is 54.9 Å². The summed E-state index contributed by atoms with van der Waals surface area (Å²) in [7, 11) is 0. The number of amides is 1. The van der Waals surface area contributed by atoms with Gasteiger partial charge >= 0.3 is 0 Å². The quantitative estimate of drug-likeness (QED) is 0.927. The molecule has 1 amide bonds. The van der Waals surface area contributed by atoms with Gasteiger partial charge in [0.25, 0.3) is 5.91 Å². The minimum absolute atomic E-state index is 0.206. The van der Waals surface area contributed by atoms with E-state index >= 15 is 0 Å². The highest BCUT2D eigenvalue weighted by Crippen LogP contribution is 2.17. The molecule has 0 aliphatic heterocycles. The molecule has 1 heterocycles. The van der Waals surface area contributed by atoms with Gasteiger partial charge in [-0.2, -0.15) is 0 Å². The van der Waals surface area contributed by atoms with Crippen LogP contribution in [0.15, 0.2) is 41.1 Å². The number of halogens is 2. The lowest BCUT2D eigenvalue weighted by molar-refractivity contribution is 0.102. The molecule has 0 unspecified atom stereocenters. The van der Waals surface area contributed by atoms with Crippen molar-refractivity contribution in [2.45, 2.75) is 0 Å². The number of benzene rings is 1. The fourth-order valence-corrected chi connectivity index (χ4v) is 1.55. The minimum Gasteiger partial charge on any atom is -0.290 e. The molecule has 86 valence electrons. The lowest BCUT2D eigenvalue weighted by Crippen LogP contribution is -2.14. The largest absolute Gasteiger partial charge is 0.290 e. The van der Waals surface area contributed by atoms with E-state index in [-0.39, 0.29) is 10.4 Å². The maximum atomic E-state index is 13.0. The zero-order valence-electron chi connectivity index (χ0n) is 8.52. The van der Waals surface area contributed by atoms with Crippen molar-refractivity contribution >= 4 is 27.8 Å². The van der Waals surface area contributed by atoms with Crippen LogP contribution in [0.5, 0.6) is 0 Å².